The fraction of sp³-hybridized carbons (Fsp3) is 1.00. The van der Waals surface area contributed by atoms with E-state index in [0.29, 0.717) is 0 Å². The van der Waals surface area contributed by atoms with Gasteiger partial charge in [0.05, 0.1) is 33.0 Å². The SMILES string of the molecule is COC[C@H]1O[C@H](OC[C@H]2O[C@@H](O)[C@@H](O)[C@@H](O[C@H]3O[C@H](CO)[C@@H](O)[C@H](O)[C@@H]3O[C@H]3O[C@H](CO)[C@@H](O)[C@H](O)[C@@H]3O)[C@@H]2O)[C@@H](O)[C@@H](O[C@H]2O[C@H](CO)[C@@H](O)[C@H](O)[C@@H]2O)[C@@H]1O. The molecule has 0 bridgehead atoms. The van der Waals surface area contributed by atoms with Crippen molar-refractivity contribution in [3.8, 4) is 0 Å². The van der Waals surface area contributed by atoms with Gasteiger partial charge in [-0.1, -0.05) is 0 Å². The Morgan fingerprint density at radius 2 is 0.754 bits per heavy atom. The fourth-order valence-corrected chi connectivity index (χ4v) is 7.04. The third-order valence-corrected chi connectivity index (χ3v) is 10.5. The Bertz CT molecular complexity index is 1220. The highest BCUT2D eigenvalue weighted by atomic mass is 16.8. The summed E-state index contributed by atoms with van der Waals surface area (Å²) in [5, 5.41) is 167. The van der Waals surface area contributed by atoms with Crippen molar-refractivity contribution in [3.63, 3.8) is 0 Å². The van der Waals surface area contributed by atoms with E-state index in [-0.39, 0.29) is 6.61 Å². The van der Waals surface area contributed by atoms with Crippen LogP contribution < -0.4 is 0 Å². The van der Waals surface area contributed by atoms with Gasteiger partial charge in [-0.3, -0.25) is 0 Å². The van der Waals surface area contributed by atoms with Crippen LogP contribution in [-0.4, -0.2) is 275 Å². The molecule has 57 heavy (non-hydrogen) atoms. The number of hydrogen-bond acceptors (Lipinski definition) is 26. The maximum Gasteiger partial charge on any atom is 0.187 e. The molecule has 5 saturated heterocycles. The first-order chi connectivity index (χ1) is 27.0. The first-order valence-electron chi connectivity index (χ1n) is 18.0. The van der Waals surface area contributed by atoms with E-state index in [1.165, 1.54) is 7.11 Å². The molecule has 0 saturated carbocycles. The summed E-state index contributed by atoms with van der Waals surface area (Å²) in [5.41, 5.74) is 0. The molecule has 5 rings (SSSR count). The van der Waals surface area contributed by atoms with Crippen LogP contribution in [0.3, 0.4) is 0 Å². The van der Waals surface area contributed by atoms with Crippen molar-refractivity contribution < 1.29 is 129 Å². The minimum Gasteiger partial charge on any atom is -0.394 e. The van der Waals surface area contributed by atoms with Gasteiger partial charge in [0.25, 0.3) is 0 Å². The second kappa shape index (κ2) is 20.2. The zero-order valence-electron chi connectivity index (χ0n) is 30.2. The van der Waals surface area contributed by atoms with Crippen molar-refractivity contribution in [1.82, 2.24) is 0 Å². The molecule has 5 aliphatic heterocycles. The molecule has 5 heterocycles. The van der Waals surface area contributed by atoms with E-state index in [0.717, 1.165) is 0 Å². The fourth-order valence-electron chi connectivity index (χ4n) is 7.04. The lowest BCUT2D eigenvalue weighted by Crippen LogP contribution is -2.67. The Hall–Kier alpha value is -1.04. The van der Waals surface area contributed by atoms with Crippen LogP contribution in [-0.2, 0) is 47.4 Å². The number of rotatable bonds is 14. The van der Waals surface area contributed by atoms with Crippen LogP contribution in [0.25, 0.3) is 0 Å². The molecule has 16 N–H and O–H groups in total. The van der Waals surface area contributed by atoms with Gasteiger partial charge in [0.15, 0.2) is 31.5 Å². The number of hydrogen-bond donors (Lipinski definition) is 16. The summed E-state index contributed by atoms with van der Waals surface area (Å²) >= 11 is 0. The van der Waals surface area contributed by atoms with Crippen LogP contribution in [0.2, 0.25) is 0 Å². The molecule has 0 spiro atoms. The average molecular weight is 843 g/mol. The van der Waals surface area contributed by atoms with E-state index in [4.69, 9.17) is 47.4 Å². The molecule has 334 valence electrons. The highest BCUT2D eigenvalue weighted by Gasteiger charge is 2.55. The second-order valence-corrected chi connectivity index (χ2v) is 14.3. The lowest BCUT2D eigenvalue weighted by Gasteiger charge is -2.48. The maximum atomic E-state index is 11.3. The third-order valence-electron chi connectivity index (χ3n) is 10.5. The van der Waals surface area contributed by atoms with Crippen molar-refractivity contribution >= 4 is 0 Å². The molecular weight excluding hydrogens is 788 g/mol. The Morgan fingerprint density at radius 1 is 0.351 bits per heavy atom. The zero-order chi connectivity index (χ0) is 42.0. The number of ether oxygens (including phenoxy) is 10. The van der Waals surface area contributed by atoms with Gasteiger partial charge >= 0.3 is 0 Å². The molecule has 0 unspecified atom stereocenters. The summed E-state index contributed by atoms with van der Waals surface area (Å²) < 4.78 is 54.8. The monoisotopic (exact) mass is 842 g/mol. The predicted molar refractivity (Wildman–Crippen MR) is 171 cm³/mol. The highest BCUT2D eigenvalue weighted by Crippen LogP contribution is 2.34. The normalized spacial score (nSPS) is 52.5. The largest absolute Gasteiger partial charge is 0.394 e. The first-order valence-corrected chi connectivity index (χ1v) is 18.0. The van der Waals surface area contributed by atoms with Crippen LogP contribution in [0.15, 0.2) is 0 Å². The minimum absolute atomic E-state index is 0.325. The molecule has 5 aliphatic rings. The lowest BCUT2D eigenvalue weighted by molar-refractivity contribution is -0.390. The van der Waals surface area contributed by atoms with E-state index in [2.05, 4.69) is 0 Å². The smallest absolute Gasteiger partial charge is 0.187 e. The molecule has 0 amide bonds. The highest BCUT2D eigenvalue weighted by molar-refractivity contribution is 4.98. The summed E-state index contributed by atoms with van der Waals surface area (Å²) in [6.45, 7) is -3.68. The third kappa shape index (κ3) is 9.87. The molecule has 0 aliphatic carbocycles. The van der Waals surface area contributed by atoms with E-state index < -0.39 is 180 Å². The summed E-state index contributed by atoms with van der Waals surface area (Å²) in [6, 6.07) is 0. The Morgan fingerprint density at radius 3 is 1.25 bits per heavy atom. The minimum atomic E-state index is -2.13. The molecule has 0 aromatic heterocycles. The topological polar surface area (TPSA) is 416 Å². The van der Waals surface area contributed by atoms with E-state index in [9.17, 15) is 81.7 Å². The summed E-state index contributed by atoms with van der Waals surface area (Å²) in [4.78, 5) is 0. The van der Waals surface area contributed by atoms with Gasteiger partial charge in [-0.2, -0.15) is 0 Å². The van der Waals surface area contributed by atoms with Gasteiger partial charge in [-0.15, -0.1) is 0 Å². The second-order valence-electron chi connectivity index (χ2n) is 14.3. The number of methoxy groups -OCH3 is 1. The van der Waals surface area contributed by atoms with Crippen molar-refractivity contribution in [2.24, 2.45) is 0 Å². The van der Waals surface area contributed by atoms with Gasteiger partial charge in [0.2, 0.25) is 0 Å². The van der Waals surface area contributed by atoms with Crippen LogP contribution in [0.4, 0.5) is 0 Å². The molecule has 0 aromatic carbocycles. The van der Waals surface area contributed by atoms with Gasteiger partial charge in [0, 0.05) is 7.11 Å². The van der Waals surface area contributed by atoms with Crippen LogP contribution in [0.5, 0.6) is 0 Å². The first kappa shape index (κ1) is 47.0. The predicted octanol–water partition coefficient (Wildman–Crippen LogP) is -11.3. The lowest BCUT2D eigenvalue weighted by atomic mass is 9.96. The number of aliphatic hydroxyl groups excluding tert-OH is 16. The standard InChI is InChI=1S/C31H54O26/c1-48-5-10-15(38)25(55-29-20(43)17(40)12(35)7(2-32)51-29)23(46)28(54-10)49-6-11-16(39)24(22(45)27(47)50-11)56-31-26(19(42)14(37)9(4-34)53-31)57-30-21(44)18(41)13(36)8(3-33)52-30/h7-47H,2-6H2,1H3/t7-,8-,9-,10-,11-,12-,13-,14-,15-,16-,17+,18+,19+,20+,21+,22+,23+,24+,25+,26+,27-,28+,29-,30-,31-/m1/s1. The molecule has 0 radical (unpaired) electrons. The summed E-state index contributed by atoms with van der Waals surface area (Å²) in [7, 11) is 1.25. The number of aliphatic hydroxyl groups is 16. The average Bonchev–Trinajstić information content (AvgIpc) is 3.19. The van der Waals surface area contributed by atoms with Crippen molar-refractivity contribution in [1.29, 1.82) is 0 Å². The summed E-state index contributed by atoms with van der Waals surface area (Å²) in [5.74, 6) is 0. The van der Waals surface area contributed by atoms with Crippen LogP contribution >= 0.6 is 0 Å². The molecule has 26 heteroatoms. The molecule has 5 fully saturated rings. The Balaban J connectivity index is 1.30. The van der Waals surface area contributed by atoms with Gasteiger partial charge in [0.1, 0.15) is 122 Å². The zero-order valence-corrected chi connectivity index (χ0v) is 30.2. The summed E-state index contributed by atoms with van der Waals surface area (Å²) in [6.07, 6.45) is -45.4. The van der Waals surface area contributed by atoms with Gasteiger partial charge < -0.3 is 129 Å². The van der Waals surface area contributed by atoms with Gasteiger partial charge in [-0.25, -0.2) is 0 Å². The van der Waals surface area contributed by atoms with E-state index >= 15 is 0 Å². The Labute approximate surface area is 323 Å². The Kier molecular flexibility index (Phi) is 16.7. The molecule has 0 aromatic rings. The van der Waals surface area contributed by atoms with Crippen molar-refractivity contribution in [3.05, 3.63) is 0 Å². The van der Waals surface area contributed by atoms with Crippen LogP contribution in [0, 0.1) is 0 Å². The quantitative estimate of drug-likeness (QED) is 0.0772. The maximum absolute atomic E-state index is 11.3. The molecule has 26 nitrogen and oxygen atoms in total. The van der Waals surface area contributed by atoms with Gasteiger partial charge in [-0.05, 0) is 0 Å². The van der Waals surface area contributed by atoms with E-state index in [1.54, 1.807) is 0 Å². The molecular formula is C31H54O26. The van der Waals surface area contributed by atoms with Crippen LogP contribution in [0.1, 0.15) is 0 Å². The van der Waals surface area contributed by atoms with Crippen molar-refractivity contribution in [2.75, 3.05) is 40.1 Å². The molecule has 25 atom stereocenters. The van der Waals surface area contributed by atoms with E-state index in [1.807, 2.05) is 0 Å². The van der Waals surface area contributed by atoms with Crippen molar-refractivity contribution in [2.45, 2.75) is 154 Å².